The van der Waals surface area contributed by atoms with Crippen molar-refractivity contribution in [3.05, 3.63) is 59.6 Å². The number of furan rings is 1. The van der Waals surface area contributed by atoms with Crippen LogP contribution in [0.2, 0.25) is 0 Å². The van der Waals surface area contributed by atoms with Crippen LogP contribution in [0.4, 0.5) is 8.78 Å². The SMILES string of the molecule is O=C1CC(C(=O)N(Cc2ccc(F)cc2F)C2CC2)CN1Cc1ccco1. The first kappa shape index (κ1) is 17.7. The molecule has 1 saturated heterocycles. The highest BCUT2D eigenvalue weighted by Gasteiger charge is 2.41. The van der Waals surface area contributed by atoms with E-state index in [4.69, 9.17) is 4.42 Å². The van der Waals surface area contributed by atoms with Crippen LogP contribution in [0, 0.1) is 17.6 Å². The van der Waals surface area contributed by atoms with Crippen molar-refractivity contribution in [1.82, 2.24) is 9.80 Å². The molecule has 2 heterocycles. The van der Waals surface area contributed by atoms with Gasteiger partial charge in [-0.3, -0.25) is 9.59 Å². The van der Waals surface area contributed by atoms with E-state index in [1.54, 1.807) is 28.2 Å². The fraction of sp³-hybridized carbons (Fsp3) is 0.400. The van der Waals surface area contributed by atoms with Gasteiger partial charge in [0.05, 0.1) is 18.7 Å². The molecule has 2 aromatic rings. The van der Waals surface area contributed by atoms with Crippen molar-refractivity contribution >= 4 is 11.8 Å². The summed E-state index contributed by atoms with van der Waals surface area (Å²) in [5.41, 5.74) is 0.286. The molecular weight excluding hydrogens is 354 g/mol. The molecule has 4 rings (SSSR count). The molecule has 0 radical (unpaired) electrons. The number of benzene rings is 1. The molecule has 0 bridgehead atoms. The lowest BCUT2D eigenvalue weighted by Gasteiger charge is -2.26. The zero-order valence-electron chi connectivity index (χ0n) is 14.7. The van der Waals surface area contributed by atoms with Crippen molar-refractivity contribution in [3.63, 3.8) is 0 Å². The molecule has 1 aromatic carbocycles. The highest BCUT2D eigenvalue weighted by Crippen LogP contribution is 2.32. The lowest BCUT2D eigenvalue weighted by Crippen LogP contribution is -2.38. The molecule has 1 aromatic heterocycles. The molecular formula is C20H20F2N2O3. The highest BCUT2D eigenvalue weighted by atomic mass is 19.1. The Morgan fingerprint density at radius 1 is 1.26 bits per heavy atom. The maximum Gasteiger partial charge on any atom is 0.228 e. The molecule has 1 aliphatic heterocycles. The van der Waals surface area contributed by atoms with Gasteiger partial charge in [0.15, 0.2) is 0 Å². The van der Waals surface area contributed by atoms with E-state index < -0.39 is 17.6 Å². The Morgan fingerprint density at radius 3 is 2.74 bits per heavy atom. The Kier molecular flexibility index (Phi) is 4.68. The standard InChI is InChI=1S/C20H20F2N2O3/c21-15-4-3-13(18(22)9-15)11-24(16-5-6-16)20(26)14-8-19(25)23(10-14)12-17-2-1-7-27-17/h1-4,7,9,14,16H,5-6,8,10-12H2. The van der Waals surface area contributed by atoms with Crippen LogP contribution in [0.5, 0.6) is 0 Å². The molecule has 2 amide bonds. The summed E-state index contributed by atoms with van der Waals surface area (Å²) in [4.78, 5) is 28.6. The van der Waals surface area contributed by atoms with Crippen molar-refractivity contribution in [1.29, 1.82) is 0 Å². The summed E-state index contributed by atoms with van der Waals surface area (Å²) in [5.74, 6) is -1.31. The summed E-state index contributed by atoms with van der Waals surface area (Å²) < 4.78 is 32.4. The predicted molar refractivity (Wildman–Crippen MR) is 92.2 cm³/mol. The predicted octanol–water partition coefficient (Wildman–Crippen LogP) is 3.10. The number of nitrogens with zero attached hydrogens (tertiary/aromatic N) is 2. The minimum absolute atomic E-state index is 0.0659. The van der Waals surface area contributed by atoms with Crippen molar-refractivity contribution < 1.29 is 22.8 Å². The Hall–Kier alpha value is -2.70. The van der Waals surface area contributed by atoms with Crippen molar-refractivity contribution in [2.45, 2.75) is 38.4 Å². The van der Waals surface area contributed by atoms with Crippen LogP contribution in [0.3, 0.4) is 0 Å². The molecule has 2 aliphatic rings. The van der Waals surface area contributed by atoms with Gasteiger partial charge in [0.25, 0.3) is 0 Å². The lowest BCUT2D eigenvalue weighted by atomic mass is 10.1. The summed E-state index contributed by atoms with van der Waals surface area (Å²) >= 11 is 0. The van der Waals surface area contributed by atoms with Crippen LogP contribution >= 0.6 is 0 Å². The maximum atomic E-state index is 14.0. The number of carbonyl (C=O) groups excluding carboxylic acids is 2. The molecule has 7 heteroatoms. The fourth-order valence-electron chi connectivity index (χ4n) is 3.52. The van der Waals surface area contributed by atoms with Gasteiger partial charge in [0, 0.05) is 37.2 Å². The number of hydrogen-bond donors (Lipinski definition) is 0. The number of likely N-dealkylation sites (tertiary alicyclic amines) is 1. The second-order valence-electron chi connectivity index (χ2n) is 7.19. The molecule has 5 nitrogen and oxygen atoms in total. The van der Waals surface area contributed by atoms with Gasteiger partial charge < -0.3 is 14.2 Å². The summed E-state index contributed by atoms with van der Waals surface area (Å²) in [5, 5.41) is 0. The van der Waals surface area contributed by atoms with Gasteiger partial charge in [-0.05, 0) is 31.0 Å². The number of amides is 2. The number of halogens is 2. The average Bonchev–Trinajstić information content (AvgIpc) is 3.22. The number of hydrogen-bond acceptors (Lipinski definition) is 3. The summed E-state index contributed by atoms with van der Waals surface area (Å²) in [6.45, 7) is 0.762. The van der Waals surface area contributed by atoms with Crippen molar-refractivity contribution in [3.8, 4) is 0 Å². The van der Waals surface area contributed by atoms with Gasteiger partial charge in [-0.2, -0.15) is 0 Å². The number of carbonyl (C=O) groups is 2. The van der Waals surface area contributed by atoms with Crippen molar-refractivity contribution in [2.24, 2.45) is 5.92 Å². The van der Waals surface area contributed by atoms with Gasteiger partial charge in [0.2, 0.25) is 11.8 Å². The zero-order chi connectivity index (χ0) is 19.0. The number of rotatable bonds is 6. The van der Waals surface area contributed by atoms with Crippen LogP contribution in [-0.2, 0) is 22.7 Å². The molecule has 27 heavy (non-hydrogen) atoms. The first-order valence-corrected chi connectivity index (χ1v) is 9.06. The van der Waals surface area contributed by atoms with E-state index >= 15 is 0 Å². The molecule has 1 aliphatic carbocycles. The van der Waals surface area contributed by atoms with Crippen LogP contribution in [0.1, 0.15) is 30.6 Å². The topological polar surface area (TPSA) is 53.8 Å². The average molecular weight is 374 g/mol. The van der Waals surface area contributed by atoms with Crippen molar-refractivity contribution in [2.75, 3.05) is 6.54 Å². The molecule has 1 saturated carbocycles. The lowest BCUT2D eigenvalue weighted by molar-refractivity contribution is -0.137. The first-order valence-electron chi connectivity index (χ1n) is 9.06. The molecule has 1 unspecified atom stereocenters. The van der Waals surface area contributed by atoms with E-state index in [-0.39, 0.29) is 36.4 Å². The highest BCUT2D eigenvalue weighted by molar-refractivity contribution is 5.89. The van der Waals surface area contributed by atoms with Gasteiger partial charge >= 0.3 is 0 Å². The second kappa shape index (κ2) is 7.13. The maximum absolute atomic E-state index is 14.0. The van der Waals surface area contributed by atoms with Crippen LogP contribution in [0.25, 0.3) is 0 Å². The minimum atomic E-state index is -0.657. The van der Waals surface area contributed by atoms with E-state index in [1.165, 1.54) is 12.1 Å². The monoisotopic (exact) mass is 374 g/mol. The van der Waals surface area contributed by atoms with E-state index in [2.05, 4.69) is 0 Å². The molecule has 0 N–H and O–H groups in total. The summed E-state index contributed by atoms with van der Waals surface area (Å²) in [6, 6.07) is 7.00. The zero-order valence-corrected chi connectivity index (χ0v) is 14.7. The molecule has 0 spiro atoms. The molecule has 2 fully saturated rings. The Morgan fingerprint density at radius 2 is 2.07 bits per heavy atom. The minimum Gasteiger partial charge on any atom is -0.467 e. The third kappa shape index (κ3) is 3.86. The largest absolute Gasteiger partial charge is 0.467 e. The summed E-state index contributed by atoms with van der Waals surface area (Å²) in [7, 11) is 0. The Bertz CT molecular complexity index is 849. The van der Waals surface area contributed by atoms with E-state index in [0.717, 1.165) is 18.9 Å². The van der Waals surface area contributed by atoms with Gasteiger partial charge in [-0.1, -0.05) is 6.07 Å². The van der Waals surface area contributed by atoms with Crippen LogP contribution in [-0.4, -0.2) is 34.2 Å². The summed E-state index contributed by atoms with van der Waals surface area (Å²) in [6.07, 6.45) is 3.43. The van der Waals surface area contributed by atoms with Crippen LogP contribution < -0.4 is 0 Å². The van der Waals surface area contributed by atoms with Gasteiger partial charge in [0.1, 0.15) is 17.4 Å². The van der Waals surface area contributed by atoms with E-state index in [9.17, 15) is 18.4 Å². The Labute approximate surface area is 155 Å². The smallest absolute Gasteiger partial charge is 0.228 e. The quantitative estimate of drug-likeness (QED) is 0.781. The van der Waals surface area contributed by atoms with Crippen LogP contribution in [0.15, 0.2) is 41.0 Å². The fourth-order valence-corrected chi connectivity index (χ4v) is 3.52. The second-order valence-corrected chi connectivity index (χ2v) is 7.19. The third-order valence-electron chi connectivity index (χ3n) is 5.12. The normalized spacial score (nSPS) is 19.6. The Balaban J connectivity index is 1.45. The molecule has 1 atom stereocenters. The molecule has 142 valence electrons. The third-order valence-corrected chi connectivity index (χ3v) is 5.12. The van der Waals surface area contributed by atoms with Gasteiger partial charge in [-0.15, -0.1) is 0 Å². The van der Waals surface area contributed by atoms with E-state index in [1.807, 2.05) is 0 Å². The van der Waals surface area contributed by atoms with E-state index in [0.29, 0.717) is 18.8 Å². The van der Waals surface area contributed by atoms with Gasteiger partial charge in [-0.25, -0.2) is 8.78 Å². The first-order chi connectivity index (χ1) is 13.0.